The molecule has 29 heavy (non-hydrogen) atoms. The molecule has 1 N–H and O–H groups in total. The third kappa shape index (κ3) is 6.84. The van der Waals surface area contributed by atoms with Crippen molar-refractivity contribution in [3.8, 4) is 5.75 Å². The van der Waals surface area contributed by atoms with Crippen LogP contribution in [0.3, 0.4) is 0 Å². The van der Waals surface area contributed by atoms with Crippen molar-refractivity contribution >= 4 is 40.8 Å². The fourth-order valence-electron chi connectivity index (χ4n) is 2.13. The number of hydrogen-bond acceptors (Lipinski definition) is 7. The van der Waals surface area contributed by atoms with Gasteiger partial charge in [-0.25, -0.2) is 4.98 Å². The number of benzene rings is 2. The van der Waals surface area contributed by atoms with E-state index in [9.17, 15) is 13.2 Å². The molecule has 0 amide bonds. The van der Waals surface area contributed by atoms with Crippen LogP contribution in [0, 0.1) is 0 Å². The minimum Gasteiger partial charge on any atom is -0.406 e. The molecule has 0 aliphatic carbocycles. The second kappa shape index (κ2) is 9.01. The molecule has 1 heterocycles. The van der Waals surface area contributed by atoms with E-state index in [1.165, 1.54) is 30.6 Å². The van der Waals surface area contributed by atoms with Gasteiger partial charge >= 0.3 is 6.36 Å². The maximum absolute atomic E-state index is 12.1. The lowest BCUT2D eigenvalue weighted by atomic mass is 10.2. The van der Waals surface area contributed by atoms with E-state index in [4.69, 9.17) is 23.2 Å². The normalized spacial score (nSPS) is 11.6. The summed E-state index contributed by atoms with van der Waals surface area (Å²) in [6.07, 6.45) is -3.48. The average Bonchev–Trinajstić information content (AvgIpc) is 2.61. The van der Waals surface area contributed by atoms with Gasteiger partial charge in [0.25, 0.3) is 5.95 Å². The monoisotopic (exact) mass is 442 g/mol. The molecule has 3 aromatic rings. The molecule has 0 saturated carbocycles. The average molecular weight is 443 g/mol. The van der Waals surface area contributed by atoms with Crippen molar-refractivity contribution < 1.29 is 17.9 Å². The van der Waals surface area contributed by atoms with Gasteiger partial charge in [0, 0.05) is 15.7 Å². The largest absolute Gasteiger partial charge is 0.573 e. The molecule has 3 rings (SSSR count). The highest BCUT2D eigenvalue weighted by molar-refractivity contribution is 6.35. The number of nitrogens with zero attached hydrogens (tertiary/aromatic N) is 5. The van der Waals surface area contributed by atoms with Crippen LogP contribution < -0.4 is 10.1 Å². The highest BCUT2D eigenvalue weighted by Gasteiger charge is 2.30. The van der Waals surface area contributed by atoms with Crippen LogP contribution in [0.15, 0.2) is 59.0 Å². The molecule has 150 valence electrons. The smallest absolute Gasteiger partial charge is 0.406 e. The summed E-state index contributed by atoms with van der Waals surface area (Å²) in [6, 6.07) is 10.2. The molecular formula is C17H11Cl2F3N6O. The number of anilines is 2. The highest BCUT2D eigenvalue weighted by Crippen LogP contribution is 2.25. The summed E-state index contributed by atoms with van der Waals surface area (Å²) in [6.45, 7) is 0.116. The Morgan fingerprint density at radius 1 is 1.00 bits per heavy atom. The summed E-state index contributed by atoms with van der Waals surface area (Å²) in [5, 5.41) is 11.6. The predicted molar refractivity (Wildman–Crippen MR) is 101 cm³/mol. The standard InChI is InChI=1S/C17H11Cl2F3N6O/c18-11-5-12(19)7-13(6-11)26-15-23-9-24-16(27-15)28-25-8-10-1-3-14(4-2-10)29-17(20,21)22/h1-7,9H,8H2,(H,23,24,26,27). The first-order valence-electron chi connectivity index (χ1n) is 7.91. The zero-order chi connectivity index (χ0) is 20.9. The van der Waals surface area contributed by atoms with E-state index in [2.05, 4.69) is 35.2 Å². The maximum atomic E-state index is 12.1. The molecule has 2 aromatic carbocycles. The van der Waals surface area contributed by atoms with E-state index >= 15 is 0 Å². The first-order chi connectivity index (χ1) is 13.8. The molecule has 0 radical (unpaired) electrons. The number of halogens is 5. The third-order valence-electron chi connectivity index (χ3n) is 3.25. The molecule has 0 aliphatic heterocycles. The quantitative estimate of drug-likeness (QED) is 0.465. The summed E-state index contributed by atoms with van der Waals surface area (Å²) in [5.41, 5.74) is 1.21. The van der Waals surface area contributed by atoms with Gasteiger partial charge in [0.15, 0.2) is 0 Å². The molecule has 0 fully saturated rings. The minimum atomic E-state index is -4.73. The van der Waals surface area contributed by atoms with Crippen LogP contribution in [0.25, 0.3) is 0 Å². The molecule has 0 unspecified atom stereocenters. The maximum Gasteiger partial charge on any atom is 0.573 e. The van der Waals surface area contributed by atoms with Crippen LogP contribution >= 0.6 is 23.2 Å². The number of azo groups is 1. The highest BCUT2D eigenvalue weighted by atomic mass is 35.5. The van der Waals surface area contributed by atoms with E-state index in [0.29, 0.717) is 21.3 Å². The Hall–Kier alpha value is -2.98. The van der Waals surface area contributed by atoms with Gasteiger partial charge in [-0.1, -0.05) is 35.3 Å². The van der Waals surface area contributed by atoms with Crippen LogP contribution in [-0.4, -0.2) is 21.3 Å². The van der Waals surface area contributed by atoms with Gasteiger partial charge in [-0.05, 0) is 35.9 Å². The molecule has 0 bridgehead atoms. The number of rotatable bonds is 6. The van der Waals surface area contributed by atoms with Crippen molar-refractivity contribution in [2.75, 3.05) is 5.32 Å². The van der Waals surface area contributed by atoms with Crippen LogP contribution in [0.5, 0.6) is 5.75 Å². The van der Waals surface area contributed by atoms with Gasteiger partial charge in [-0.15, -0.1) is 18.3 Å². The fraction of sp³-hybridized carbons (Fsp3) is 0.118. The second-order valence-electron chi connectivity index (χ2n) is 5.48. The van der Waals surface area contributed by atoms with E-state index in [0.717, 1.165) is 0 Å². The Morgan fingerprint density at radius 2 is 1.69 bits per heavy atom. The number of hydrogen-bond donors (Lipinski definition) is 1. The van der Waals surface area contributed by atoms with E-state index in [1.54, 1.807) is 18.2 Å². The van der Waals surface area contributed by atoms with Gasteiger partial charge in [0.1, 0.15) is 12.1 Å². The summed E-state index contributed by atoms with van der Waals surface area (Å²) in [4.78, 5) is 11.9. The first kappa shape index (κ1) is 20.7. The van der Waals surface area contributed by atoms with Gasteiger partial charge in [0.2, 0.25) is 5.95 Å². The Balaban J connectivity index is 1.62. The number of aromatic nitrogens is 3. The number of alkyl halides is 3. The third-order valence-corrected chi connectivity index (χ3v) is 3.68. The Kier molecular flexibility index (Phi) is 6.45. The SMILES string of the molecule is FC(F)(F)Oc1ccc(CN=Nc2ncnc(Nc3cc(Cl)cc(Cl)c3)n2)cc1. The van der Waals surface area contributed by atoms with E-state index < -0.39 is 6.36 Å². The molecule has 7 nitrogen and oxygen atoms in total. The van der Waals surface area contributed by atoms with E-state index in [1.807, 2.05) is 0 Å². The molecule has 12 heteroatoms. The minimum absolute atomic E-state index is 0.0487. The van der Waals surface area contributed by atoms with Crippen molar-refractivity contribution in [1.82, 2.24) is 15.0 Å². The van der Waals surface area contributed by atoms with Gasteiger partial charge in [-0.2, -0.15) is 15.1 Å². The summed E-state index contributed by atoms with van der Waals surface area (Å²) in [7, 11) is 0. The molecule has 0 spiro atoms. The predicted octanol–water partition coefficient (Wildman–Crippen LogP) is 6.10. The zero-order valence-electron chi connectivity index (χ0n) is 14.4. The van der Waals surface area contributed by atoms with Crippen LogP contribution in [-0.2, 0) is 6.54 Å². The summed E-state index contributed by atoms with van der Waals surface area (Å²) < 4.78 is 40.2. The molecule has 0 atom stereocenters. The molecule has 0 saturated heterocycles. The van der Waals surface area contributed by atoms with Crippen LogP contribution in [0.1, 0.15) is 5.56 Å². The van der Waals surface area contributed by atoms with Crippen molar-refractivity contribution in [3.63, 3.8) is 0 Å². The van der Waals surface area contributed by atoms with E-state index in [-0.39, 0.29) is 24.2 Å². The van der Waals surface area contributed by atoms with Crippen molar-refractivity contribution in [2.45, 2.75) is 12.9 Å². The molecule has 0 aliphatic rings. The van der Waals surface area contributed by atoms with Crippen molar-refractivity contribution in [1.29, 1.82) is 0 Å². The van der Waals surface area contributed by atoms with Crippen molar-refractivity contribution in [2.24, 2.45) is 10.2 Å². The van der Waals surface area contributed by atoms with Gasteiger partial charge in [-0.3, -0.25) is 0 Å². The molecular weight excluding hydrogens is 432 g/mol. The number of nitrogens with one attached hydrogen (secondary N) is 1. The van der Waals surface area contributed by atoms with Crippen LogP contribution in [0.4, 0.5) is 30.8 Å². The Morgan fingerprint density at radius 3 is 2.34 bits per heavy atom. The number of ether oxygens (including phenoxy) is 1. The van der Waals surface area contributed by atoms with Gasteiger partial charge < -0.3 is 10.1 Å². The summed E-state index contributed by atoms with van der Waals surface area (Å²) >= 11 is 11.9. The molecule has 1 aromatic heterocycles. The Labute approximate surface area is 172 Å². The van der Waals surface area contributed by atoms with Gasteiger partial charge in [0.05, 0.1) is 6.54 Å². The lowest BCUT2D eigenvalue weighted by Crippen LogP contribution is -2.16. The van der Waals surface area contributed by atoms with Crippen LogP contribution in [0.2, 0.25) is 10.0 Å². The lowest BCUT2D eigenvalue weighted by Gasteiger charge is -2.08. The second-order valence-corrected chi connectivity index (χ2v) is 6.36. The first-order valence-corrected chi connectivity index (χ1v) is 8.67. The Bertz CT molecular complexity index is 995. The zero-order valence-corrected chi connectivity index (χ0v) is 15.9. The summed E-state index contributed by atoms with van der Waals surface area (Å²) in [5.74, 6) is -0.0546. The fourth-order valence-corrected chi connectivity index (χ4v) is 2.65. The van der Waals surface area contributed by atoms with Crippen molar-refractivity contribution in [3.05, 3.63) is 64.4 Å². The topological polar surface area (TPSA) is 84.7 Å². The lowest BCUT2D eigenvalue weighted by molar-refractivity contribution is -0.274.